The first kappa shape index (κ1) is 17.1. The van der Waals surface area contributed by atoms with Crippen LogP contribution in [0.2, 0.25) is 0 Å². The first-order valence-electron chi connectivity index (χ1n) is 8.39. The summed E-state index contributed by atoms with van der Waals surface area (Å²) in [6.45, 7) is 1.30. The van der Waals surface area contributed by atoms with E-state index in [1.807, 2.05) is 0 Å². The Labute approximate surface area is 153 Å². The van der Waals surface area contributed by atoms with Crippen molar-refractivity contribution in [1.29, 1.82) is 0 Å². The molecular formula is C17H17FN4O5. The lowest BCUT2D eigenvalue weighted by molar-refractivity contribution is 0.102. The number of hydrogen-bond donors (Lipinski definition) is 1. The fourth-order valence-electron chi connectivity index (χ4n) is 3.12. The van der Waals surface area contributed by atoms with Gasteiger partial charge >= 0.3 is 6.09 Å². The first-order valence-corrected chi connectivity index (χ1v) is 8.39. The van der Waals surface area contributed by atoms with E-state index in [9.17, 15) is 9.18 Å². The van der Waals surface area contributed by atoms with Crippen LogP contribution in [-0.4, -0.2) is 54.5 Å². The lowest BCUT2D eigenvalue weighted by Crippen LogP contribution is -2.27. The number of carbonyl (C=O) groups is 1. The number of anilines is 2. The number of nitrogens with zero attached hydrogens (tertiary/aromatic N) is 4. The molecule has 9 nitrogen and oxygen atoms in total. The van der Waals surface area contributed by atoms with Crippen LogP contribution in [0.3, 0.4) is 0 Å². The topological polar surface area (TPSA) is 101 Å². The third-order valence-corrected chi connectivity index (χ3v) is 4.47. The second-order valence-corrected chi connectivity index (χ2v) is 6.24. The van der Waals surface area contributed by atoms with E-state index in [4.69, 9.17) is 14.7 Å². The molecule has 0 unspecified atom stereocenters. The van der Waals surface area contributed by atoms with Gasteiger partial charge in [-0.25, -0.2) is 9.18 Å². The Morgan fingerprint density at radius 2 is 2.30 bits per heavy atom. The van der Waals surface area contributed by atoms with Crippen LogP contribution in [0.5, 0.6) is 5.88 Å². The SMILES string of the molecule is O=C1O[C@@H](COc2ccon2)CN1c1ccc(N2CCC(=NO)C2)c(F)c1. The molecule has 2 fully saturated rings. The van der Waals surface area contributed by atoms with Gasteiger partial charge in [-0.05, 0) is 23.4 Å². The molecule has 2 saturated heterocycles. The third kappa shape index (κ3) is 3.50. The predicted octanol–water partition coefficient (Wildman–Crippen LogP) is 2.26. The maximum Gasteiger partial charge on any atom is 0.414 e. The van der Waals surface area contributed by atoms with Gasteiger partial charge in [-0.15, -0.1) is 0 Å². The summed E-state index contributed by atoms with van der Waals surface area (Å²) in [4.78, 5) is 15.3. The monoisotopic (exact) mass is 376 g/mol. The molecule has 2 aromatic rings. The highest BCUT2D eigenvalue weighted by Crippen LogP contribution is 2.29. The number of rotatable bonds is 5. The minimum absolute atomic E-state index is 0.117. The zero-order valence-electron chi connectivity index (χ0n) is 14.2. The van der Waals surface area contributed by atoms with Gasteiger partial charge in [0.15, 0.2) is 6.10 Å². The molecule has 0 radical (unpaired) electrons. The third-order valence-electron chi connectivity index (χ3n) is 4.47. The van der Waals surface area contributed by atoms with E-state index in [1.165, 1.54) is 17.2 Å². The number of benzene rings is 1. The largest absolute Gasteiger partial charge is 0.471 e. The van der Waals surface area contributed by atoms with Gasteiger partial charge in [0.2, 0.25) is 0 Å². The van der Waals surface area contributed by atoms with Gasteiger partial charge in [-0.2, -0.15) is 0 Å². The van der Waals surface area contributed by atoms with Gasteiger partial charge in [0, 0.05) is 19.0 Å². The van der Waals surface area contributed by atoms with Crippen LogP contribution >= 0.6 is 0 Å². The minimum atomic E-state index is -0.563. The Morgan fingerprint density at radius 1 is 1.41 bits per heavy atom. The van der Waals surface area contributed by atoms with E-state index in [1.54, 1.807) is 23.1 Å². The first-order chi connectivity index (χ1) is 13.1. The lowest BCUT2D eigenvalue weighted by atomic mass is 10.2. The number of carbonyl (C=O) groups excluding carboxylic acids is 1. The van der Waals surface area contributed by atoms with E-state index in [0.29, 0.717) is 42.5 Å². The van der Waals surface area contributed by atoms with Crippen molar-refractivity contribution in [3.05, 3.63) is 36.3 Å². The number of hydrogen-bond acceptors (Lipinski definition) is 8. The Hall–Kier alpha value is -3.30. The highest BCUT2D eigenvalue weighted by Gasteiger charge is 2.33. The fourth-order valence-corrected chi connectivity index (χ4v) is 3.12. The summed E-state index contributed by atoms with van der Waals surface area (Å²) in [5, 5.41) is 15.6. The van der Waals surface area contributed by atoms with E-state index in [2.05, 4.69) is 14.8 Å². The van der Waals surface area contributed by atoms with Gasteiger partial charge in [0.25, 0.3) is 5.88 Å². The zero-order chi connectivity index (χ0) is 18.8. The molecule has 4 rings (SSSR count). The Kier molecular flexibility index (Phi) is 4.53. The second-order valence-electron chi connectivity index (χ2n) is 6.24. The molecule has 1 atom stereocenters. The standard InChI is InChI=1S/C17H17FN4O5/c18-14-7-12(1-2-15(14)21-5-3-11(8-21)19-24)22-9-13(27-17(22)23)10-25-16-4-6-26-20-16/h1-2,4,6-7,13,24H,3,5,8-10H2/t13-/m1/s1. The van der Waals surface area contributed by atoms with E-state index in [-0.39, 0.29) is 13.2 Å². The van der Waals surface area contributed by atoms with Crippen LogP contribution < -0.4 is 14.5 Å². The van der Waals surface area contributed by atoms with Crippen LogP contribution in [-0.2, 0) is 4.74 Å². The summed E-state index contributed by atoms with van der Waals surface area (Å²) in [6, 6.07) is 6.12. The normalized spacial score (nSPS) is 21.1. The molecule has 0 bridgehead atoms. The Bertz CT molecular complexity index is 857. The maximum atomic E-state index is 14.6. The zero-order valence-corrected chi connectivity index (χ0v) is 14.2. The van der Waals surface area contributed by atoms with Gasteiger partial charge in [0.1, 0.15) is 18.7 Å². The second kappa shape index (κ2) is 7.14. The molecule has 3 heterocycles. The Morgan fingerprint density at radius 3 is 3.00 bits per heavy atom. The van der Waals surface area contributed by atoms with Crippen LogP contribution in [0, 0.1) is 5.82 Å². The highest BCUT2D eigenvalue weighted by molar-refractivity contribution is 5.92. The van der Waals surface area contributed by atoms with E-state index >= 15 is 0 Å². The molecule has 142 valence electrons. The van der Waals surface area contributed by atoms with Crippen LogP contribution in [0.15, 0.2) is 40.2 Å². The quantitative estimate of drug-likeness (QED) is 0.631. The number of aromatic nitrogens is 1. The molecular weight excluding hydrogens is 359 g/mol. The number of ether oxygens (including phenoxy) is 2. The summed E-state index contributed by atoms with van der Waals surface area (Å²) in [7, 11) is 0. The van der Waals surface area contributed by atoms with Crippen LogP contribution in [0.1, 0.15) is 6.42 Å². The van der Waals surface area contributed by atoms with Gasteiger partial charge < -0.3 is 24.1 Å². The molecule has 1 aromatic heterocycles. The summed E-state index contributed by atoms with van der Waals surface area (Å²) in [5.74, 6) is -0.155. The smallest absolute Gasteiger partial charge is 0.414 e. The predicted molar refractivity (Wildman–Crippen MR) is 92.1 cm³/mol. The van der Waals surface area contributed by atoms with Crippen LogP contribution in [0.25, 0.3) is 0 Å². The number of cyclic esters (lactones) is 1. The summed E-state index contributed by atoms with van der Waals surface area (Å²) < 4.78 is 29.9. The lowest BCUT2D eigenvalue weighted by Gasteiger charge is -2.20. The number of halogens is 1. The van der Waals surface area contributed by atoms with Crippen molar-refractivity contribution < 1.29 is 28.4 Å². The molecule has 1 aromatic carbocycles. The van der Waals surface area contributed by atoms with Crippen molar-refractivity contribution in [2.24, 2.45) is 5.16 Å². The van der Waals surface area contributed by atoms with Crippen molar-refractivity contribution in [3.63, 3.8) is 0 Å². The van der Waals surface area contributed by atoms with Crippen molar-refractivity contribution in [2.75, 3.05) is 36.0 Å². The molecule has 2 aliphatic heterocycles. The molecule has 1 amide bonds. The van der Waals surface area contributed by atoms with Crippen molar-refractivity contribution in [1.82, 2.24) is 5.16 Å². The maximum absolute atomic E-state index is 14.6. The fraction of sp³-hybridized carbons (Fsp3) is 0.353. The van der Waals surface area contributed by atoms with Gasteiger partial charge in [0.05, 0.1) is 30.2 Å². The molecule has 0 aliphatic carbocycles. The highest BCUT2D eigenvalue weighted by atomic mass is 19.1. The molecule has 27 heavy (non-hydrogen) atoms. The van der Waals surface area contributed by atoms with E-state index in [0.717, 1.165) is 0 Å². The Balaban J connectivity index is 1.42. The van der Waals surface area contributed by atoms with Crippen molar-refractivity contribution in [3.8, 4) is 5.88 Å². The molecule has 2 aliphatic rings. The summed E-state index contributed by atoms with van der Waals surface area (Å²) in [6.07, 6.45) is 0.900. The summed E-state index contributed by atoms with van der Waals surface area (Å²) in [5.41, 5.74) is 1.41. The molecule has 0 spiro atoms. The minimum Gasteiger partial charge on any atom is -0.471 e. The van der Waals surface area contributed by atoms with Gasteiger partial charge in [-0.3, -0.25) is 4.90 Å². The van der Waals surface area contributed by atoms with E-state index < -0.39 is 18.0 Å². The van der Waals surface area contributed by atoms with Crippen LogP contribution in [0.4, 0.5) is 20.6 Å². The van der Waals surface area contributed by atoms with Gasteiger partial charge in [-0.1, -0.05) is 5.16 Å². The van der Waals surface area contributed by atoms with Crippen molar-refractivity contribution >= 4 is 23.2 Å². The average molecular weight is 376 g/mol. The average Bonchev–Trinajstić information content (AvgIpc) is 3.41. The number of oxime groups is 1. The summed E-state index contributed by atoms with van der Waals surface area (Å²) >= 11 is 0. The molecule has 10 heteroatoms. The molecule has 1 N–H and O–H groups in total. The van der Waals surface area contributed by atoms with Crippen molar-refractivity contribution in [2.45, 2.75) is 12.5 Å². The molecule has 0 saturated carbocycles. The number of amides is 1.